The lowest BCUT2D eigenvalue weighted by Gasteiger charge is -2.09. The predicted molar refractivity (Wildman–Crippen MR) is 106 cm³/mol. The van der Waals surface area contributed by atoms with E-state index < -0.39 is 0 Å². The first-order valence-electron chi connectivity index (χ1n) is 8.58. The lowest BCUT2D eigenvalue weighted by molar-refractivity contribution is -0.121. The fourth-order valence-electron chi connectivity index (χ4n) is 3.13. The topological polar surface area (TPSA) is 68.9 Å². The van der Waals surface area contributed by atoms with Gasteiger partial charge in [-0.3, -0.25) is 14.2 Å². The molecule has 2 heterocycles. The molecule has 0 atom stereocenters. The molecule has 0 aliphatic rings. The molecule has 0 unspecified atom stereocenters. The highest BCUT2D eigenvalue weighted by atomic mass is 35.5. The Balaban J connectivity index is 1.41. The first-order chi connectivity index (χ1) is 13.1. The van der Waals surface area contributed by atoms with Gasteiger partial charge in [-0.1, -0.05) is 29.8 Å². The lowest BCUT2D eigenvalue weighted by atomic mass is 10.2. The predicted octanol–water partition coefficient (Wildman–Crippen LogP) is 2.82. The van der Waals surface area contributed by atoms with E-state index in [1.165, 1.54) is 10.9 Å². The van der Waals surface area contributed by atoms with Gasteiger partial charge in [-0.2, -0.15) is 0 Å². The third-order valence-electron chi connectivity index (χ3n) is 4.48. The number of para-hydroxylation sites is 1. The van der Waals surface area contributed by atoms with Crippen molar-refractivity contribution in [3.63, 3.8) is 0 Å². The Morgan fingerprint density at radius 2 is 1.89 bits per heavy atom. The Bertz CT molecular complexity index is 1200. The van der Waals surface area contributed by atoms with Crippen molar-refractivity contribution < 1.29 is 4.79 Å². The number of amides is 1. The average Bonchev–Trinajstić information content (AvgIpc) is 3.09. The number of nitrogens with one attached hydrogen (secondary N) is 1. The van der Waals surface area contributed by atoms with Crippen LogP contribution in [-0.4, -0.2) is 26.6 Å². The number of benzene rings is 2. The third-order valence-corrected chi connectivity index (χ3v) is 4.81. The van der Waals surface area contributed by atoms with Crippen LogP contribution in [0.25, 0.3) is 21.8 Å². The monoisotopic (exact) mass is 380 g/mol. The first kappa shape index (κ1) is 17.3. The fourth-order valence-corrected chi connectivity index (χ4v) is 3.36. The molecule has 2 aromatic carbocycles. The van der Waals surface area contributed by atoms with Gasteiger partial charge in [-0.25, -0.2) is 4.98 Å². The van der Waals surface area contributed by atoms with Crippen molar-refractivity contribution in [2.45, 2.75) is 13.1 Å². The number of fused-ring (bicyclic) bond motifs is 2. The average molecular weight is 381 g/mol. The second kappa shape index (κ2) is 7.25. The quantitative estimate of drug-likeness (QED) is 0.579. The van der Waals surface area contributed by atoms with Gasteiger partial charge < -0.3 is 9.88 Å². The second-order valence-electron chi connectivity index (χ2n) is 6.23. The summed E-state index contributed by atoms with van der Waals surface area (Å²) >= 11 is 6.18. The highest BCUT2D eigenvalue weighted by molar-refractivity contribution is 6.35. The van der Waals surface area contributed by atoms with Crippen LogP contribution in [0.15, 0.2) is 65.8 Å². The van der Waals surface area contributed by atoms with E-state index in [4.69, 9.17) is 11.6 Å². The van der Waals surface area contributed by atoms with E-state index in [-0.39, 0.29) is 18.0 Å². The number of carbonyl (C=O) groups is 1. The van der Waals surface area contributed by atoms with Crippen LogP contribution in [0.5, 0.6) is 0 Å². The van der Waals surface area contributed by atoms with Gasteiger partial charge in [0.15, 0.2) is 0 Å². The molecule has 0 fully saturated rings. The van der Waals surface area contributed by atoms with Crippen molar-refractivity contribution in [2.75, 3.05) is 6.54 Å². The summed E-state index contributed by atoms with van der Waals surface area (Å²) in [6, 6.07) is 14.8. The van der Waals surface area contributed by atoms with Crippen molar-refractivity contribution in [1.29, 1.82) is 0 Å². The highest BCUT2D eigenvalue weighted by Gasteiger charge is 2.08. The molecule has 0 saturated heterocycles. The molecular weight excluding hydrogens is 364 g/mol. The molecule has 0 aliphatic carbocycles. The molecule has 2 aromatic heterocycles. The number of carbonyl (C=O) groups excluding carboxylic acids is 1. The van der Waals surface area contributed by atoms with Gasteiger partial charge >= 0.3 is 0 Å². The summed E-state index contributed by atoms with van der Waals surface area (Å²) in [6.45, 7) is 1.00. The van der Waals surface area contributed by atoms with Gasteiger partial charge in [0.2, 0.25) is 5.91 Å². The molecule has 4 rings (SSSR count). The number of aromatic nitrogens is 3. The molecule has 4 aromatic rings. The van der Waals surface area contributed by atoms with E-state index in [1.807, 2.05) is 41.1 Å². The van der Waals surface area contributed by atoms with Crippen molar-refractivity contribution in [3.05, 3.63) is 76.4 Å². The molecule has 0 radical (unpaired) electrons. The summed E-state index contributed by atoms with van der Waals surface area (Å²) in [4.78, 5) is 28.9. The van der Waals surface area contributed by atoms with E-state index in [0.717, 1.165) is 10.9 Å². The molecule has 0 bridgehead atoms. The van der Waals surface area contributed by atoms with Gasteiger partial charge in [0, 0.05) is 35.2 Å². The normalized spacial score (nSPS) is 11.1. The minimum Gasteiger partial charge on any atom is -0.353 e. The van der Waals surface area contributed by atoms with Crippen molar-refractivity contribution >= 4 is 39.3 Å². The van der Waals surface area contributed by atoms with Crippen molar-refractivity contribution in [2.24, 2.45) is 0 Å². The van der Waals surface area contributed by atoms with Crippen LogP contribution in [0.2, 0.25) is 5.02 Å². The summed E-state index contributed by atoms with van der Waals surface area (Å²) in [7, 11) is 0. The Morgan fingerprint density at radius 3 is 2.78 bits per heavy atom. The molecule has 1 amide bonds. The molecule has 6 nitrogen and oxygen atoms in total. The third kappa shape index (κ3) is 3.44. The second-order valence-corrected chi connectivity index (χ2v) is 6.63. The highest BCUT2D eigenvalue weighted by Crippen LogP contribution is 2.23. The van der Waals surface area contributed by atoms with Gasteiger partial charge in [0.05, 0.1) is 17.2 Å². The van der Waals surface area contributed by atoms with Crippen molar-refractivity contribution in [1.82, 2.24) is 19.4 Å². The number of hydrogen-bond donors (Lipinski definition) is 1. The van der Waals surface area contributed by atoms with E-state index in [0.29, 0.717) is 29.0 Å². The standard InChI is InChI=1S/C20H17ClN4O2/c21-16-5-3-7-18-14(16)8-10-24(18)11-9-22-19(26)12-25-13-23-17-6-2-1-4-15(17)20(25)27/h1-8,10,13H,9,11-12H2,(H,22,26). The van der Waals surface area contributed by atoms with Crippen LogP contribution in [0.3, 0.4) is 0 Å². The molecule has 7 heteroatoms. The Kier molecular flexibility index (Phi) is 4.64. The van der Waals surface area contributed by atoms with Crippen LogP contribution in [0.4, 0.5) is 0 Å². The summed E-state index contributed by atoms with van der Waals surface area (Å²) in [5.74, 6) is -0.233. The van der Waals surface area contributed by atoms with Crippen molar-refractivity contribution in [3.8, 4) is 0 Å². The molecule has 0 saturated carbocycles. The van der Waals surface area contributed by atoms with Crippen LogP contribution in [-0.2, 0) is 17.9 Å². The molecular formula is C20H17ClN4O2. The summed E-state index contributed by atoms with van der Waals surface area (Å²) in [5.41, 5.74) is 1.42. The Morgan fingerprint density at radius 1 is 1.04 bits per heavy atom. The maximum Gasteiger partial charge on any atom is 0.261 e. The van der Waals surface area contributed by atoms with Crippen LogP contribution in [0, 0.1) is 0 Å². The maximum atomic E-state index is 12.4. The number of rotatable bonds is 5. The largest absolute Gasteiger partial charge is 0.353 e. The van der Waals surface area contributed by atoms with E-state index >= 15 is 0 Å². The number of nitrogens with zero attached hydrogens (tertiary/aromatic N) is 3. The zero-order chi connectivity index (χ0) is 18.8. The molecule has 27 heavy (non-hydrogen) atoms. The van der Waals surface area contributed by atoms with E-state index in [9.17, 15) is 9.59 Å². The number of halogens is 1. The lowest BCUT2D eigenvalue weighted by Crippen LogP contribution is -2.34. The van der Waals surface area contributed by atoms with Crippen LogP contribution in [0.1, 0.15) is 0 Å². The molecule has 1 N–H and O–H groups in total. The first-order valence-corrected chi connectivity index (χ1v) is 8.95. The maximum absolute atomic E-state index is 12.4. The summed E-state index contributed by atoms with van der Waals surface area (Å²) < 4.78 is 3.35. The SMILES string of the molecule is O=C(Cn1cnc2ccccc2c1=O)NCCn1ccc2c(Cl)cccc21. The number of hydrogen-bond acceptors (Lipinski definition) is 3. The van der Waals surface area contributed by atoms with Crippen LogP contribution >= 0.6 is 11.6 Å². The molecule has 0 aliphatic heterocycles. The zero-order valence-electron chi connectivity index (χ0n) is 14.4. The fraction of sp³-hybridized carbons (Fsp3) is 0.150. The molecule has 136 valence electrons. The van der Waals surface area contributed by atoms with E-state index in [1.54, 1.807) is 18.2 Å². The van der Waals surface area contributed by atoms with E-state index in [2.05, 4.69) is 10.3 Å². The minimum atomic E-state index is -0.233. The van der Waals surface area contributed by atoms with Crippen LogP contribution < -0.4 is 10.9 Å². The summed E-state index contributed by atoms with van der Waals surface area (Å²) in [5, 5.41) is 5.04. The zero-order valence-corrected chi connectivity index (χ0v) is 15.2. The minimum absolute atomic E-state index is 0.0606. The Hall–Kier alpha value is -3.12. The van der Waals surface area contributed by atoms with Gasteiger partial charge in [-0.15, -0.1) is 0 Å². The van der Waals surface area contributed by atoms with Gasteiger partial charge in [-0.05, 0) is 30.3 Å². The molecule has 0 spiro atoms. The van der Waals surface area contributed by atoms with Gasteiger partial charge in [0.25, 0.3) is 5.56 Å². The summed E-state index contributed by atoms with van der Waals surface area (Å²) in [6.07, 6.45) is 3.35. The smallest absolute Gasteiger partial charge is 0.261 e. The Labute approximate surface area is 160 Å². The van der Waals surface area contributed by atoms with Gasteiger partial charge in [0.1, 0.15) is 6.54 Å².